The topological polar surface area (TPSA) is 38.0 Å². The molecule has 2 heteroatoms. The second-order valence-electron chi connectivity index (χ2n) is 7.06. The molecule has 1 aromatic carbocycles. The third-order valence-electron chi connectivity index (χ3n) is 4.15. The van der Waals surface area contributed by atoms with Gasteiger partial charge in [-0.1, -0.05) is 52.0 Å². The normalized spacial score (nSPS) is 27.7. The maximum Gasteiger partial charge on any atom is 0.0276 e. The fourth-order valence-corrected chi connectivity index (χ4v) is 3.08. The van der Waals surface area contributed by atoms with E-state index < -0.39 is 0 Å². The Labute approximate surface area is 117 Å². The summed E-state index contributed by atoms with van der Waals surface area (Å²) in [5, 5.41) is 3.62. The number of rotatable bonds is 3. The first-order chi connectivity index (χ1) is 8.90. The highest BCUT2D eigenvalue weighted by Gasteiger charge is 2.35. The molecule has 0 spiro atoms. The summed E-state index contributed by atoms with van der Waals surface area (Å²) in [4.78, 5) is 0. The first-order valence-electron chi connectivity index (χ1n) is 7.48. The zero-order valence-corrected chi connectivity index (χ0v) is 12.7. The molecule has 3 unspecified atom stereocenters. The minimum atomic E-state index is 0.228. The molecule has 106 valence electrons. The van der Waals surface area contributed by atoms with Crippen LogP contribution in [0.5, 0.6) is 0 Å². The number of aryl methyl sites for hydroxylation is 1. The van der Waals surface area contributed by atoms with Gasteiger partial charge in [0.05, 0.1) is 0 Å². The Balaban J connectivity index is 2.10. The lowest BCUT2D eigenvalue weighted by Crippen LogP contribution is -2.40. The van der Waals surface area contributed by atoms with E-state index in [4.69, 9.17) is 5.73 Å². The van der Waals surface area contributed by atoms with Crippen molar-refractivity contribution in [3.63, 3.8) is 0 Å². The van der Waals surface area contributed by atoms with Crippen molar-refractivity contribution in [3.05, 3.63) is 35.4 Å². The van der Waals surface area contributed by atoms with Gasteiger partial charge in [-0.05, 0) is 29.4 Å². The molecule has 0 aromatic heterocycles. The molecule has 1 aliphatic rings. The van der Waals surface area contributed by atoms with Crippen molar-refractivity contribution in [2.24, 2.45) is 11.1 Å². The maximum atomic E-state index is 6.49. The van der Waals surface area contributed by atoms with Gasteiger partial charge in [0.25, 0.3) is 0 Å². The largest absolute Gasteiger partial charge is 0.326 e. The Morgan fingerprint density at radius 1 is 1.32 bits per heavy atom. The summed E-state index contributed by atoms with van der Waals surface area (Å²) in [7, 11) is 0. The molecule has 3 atom stereocenters. The monoisotopic (exact) mass is 260 g/mol. The Bertz CT molecular complexity index is 420. The van der Waals surface area contributed by atoms with Crippen molar-refractivity contribution in [3.8, 4) is 0 Å². The zero-order chi connectivity index (χ0) is 14.0. The summed E-state index contributed by atoms with van der Waals surface area (Å²) in [5.74, 6) is 0.457. The van der Waals surface area contributed by atoms with Crippen LogP contribution in [0.25, 0.3) is 0 Å². The molecule has 1 aliphatic heterocycles. The molecule has 1 fully saturated rings. The Kier molecular flexibility index (Phi) is 4.32. The van der Waals surface area contributed by atoms with E-state index in [-0.39, 0.29) is 6.04 Å². The van der Waals surface area contributed by atoms with Crippen LogP contribution in [0, 0.1) is 5.41 Å². The van der Waals surface area contributed by atoms with Crippen LogP contribution in [0.2, 0.25) is 0 Å². The summed E-state index contributed by atoms with van der Waals surface area (Å²) in [6.45, 7) is 10.1. The van der Waals surface area contributed by atoms with Crippen LogP contribution in [0.3, 0.4) is 0 Å². The molecule has 0 amide bonds. The first kappa shape index (κ1) is 14.5. The third-order valence-corrected chi connectivity index (χ3v) is 4.15. The van der Waals surface area contributed by atoms with Crippen molar-refractivity contribution in [1.82, 2.24) is 5.32 Å². The quantitative estimate of drug-likeness (QED) is 0.876. The minimum absolute atomic E-state index is 0.228. The molecule has 3 N–H and O–H groups in total. The second-order valence-corrected chi connectivity index (χ2v) is 7.06. The highest BCUT2D eigenvalue weighted by atomic mass is 15.0. The van der Waals surface area contributed by atoms with Crippen LogP contribution < -0.4 is 11.1 Å². The summed E-state index contributed by atoms with van der Waals surface area (Å²) in [6.07, 6.45) is 2.23. The van der Waals surface area contributed by atoms with E-state index in [1.807, 2.05) is 0 Å². The van der Waals surface area contributed by atoms with E-state index in [0.29, 0.717) is 17.4 Å². The van der Waals surface area contributed by atoms with E-state index >= 15 is 0 Å². The molecule has 1 heterocycles. The van der Waals surface area contributed by atoms with Crippen LogP contribution in [-0.2, 0) is 6.42 Å². The highest BCUT2D eigenvalue weighted by Crippen LogP contribution is 2.31. The van der Waals surface area contributed by atoms with Crippen molar-refractivity contribution in [1.29, 1.82) is 0 Å². The van der Waals surface area contributed by atoms with Crippen molar-refractivity contribution < 1.29 is 0 Å². The Morgan fingerprint density at radius 2 is 2.05 bits per heavy atom. The van der Waals surface area contributed by atoms with E-state index in [1.165, 1.54) is 11.1 Å². The third kappa shape index (κ3) is 3.58. The van der Waals surface area contributed by atoms with Gasteiger partial charge in [0.15, 0.2) is 0 Å². The number of nitrogens with two attached hydrogens (primary N) is 1. The molecular weight excluding hydrogens is 232 g/mol. The second kappa shape index (κ2) is 5.64. The van der Waals surface area contributed by atoms with Crippen molar-refractivity contribution in [2.75, 3.05) is 6.54 Å². The molecular formula is C17H28N2. The van der Waals surface area contributed by atoms with E-state index in [2.05, 4.69) is 57.3 Å². The SMILES string of the molecule is CCc1cccc(C2CNC(CC(C)(C)C)C2N)c1. The average Bonchev–Trinajstić information content (AvgIpc) is 2.69. The fourth-order valence-electron chi connectivity index (χ4n) is 3.08. The molecule has 0 radical (unpaired) electrons. The number of hydrogen-bond acceptors (Lipinski definition) is 2. The van der Waals surface area contributed by atoms with Gasteiger partial charge in [0.1, 0.15) is 0 Å². The zero-order valence-electron chi connectivity index (χ0n) is 12.7. The lowest BCUT2D eigenvalue weighted by molar-refractivity contribution is 0.310. The van der Waals surface area contributed by atoms with Gasteiger partial charge in [-0.25, -0.2) is 0 Å². The number of hydrogen-bond donors (Lipinski definition) is 2. The first-order valence-corrected chi connectivity index (χ1v) is 7.48. The molecule has 2 nitrogen and oxygen atoms in total. The Hall–Kier alpha value is -0.860. The lowest BCUT2D eigenvalue weighted by atomic mass is 9.83. The number of benzene rings is 1. The summed E-state index contributed by atoms with van der Waals surface area (Å²) >= 11 is 0. The van der Waals surface area contributed by atoms with Gasteiger partial charge < -0.3 is 11.1 Å². The van der Waals surface area contributed by atoms with Gasteiger partial charge in [-0.2, -0.15) is 0 Å². The lowest BCUT2D eigenvalue weighted by Gasteiger charge is -2.27. The standard InChI is InChI=1S/C17H28N2/c1-5-12-7-6-8-13(9-12)14-11-19-15(16(14)18)10-17(2,3)4/h6-9,14-16,19H,5,10-11,18H2,1-4H3. The van der Waals surface area contributed by atoms with Crippen LogP contribution in [0.15, 0.2) is 24.3 Å². The van der Waals surface area contributed by atoms with E-state index in [9.17, 15) is 0 Å². The van der Waals surface area contributed by atoms with Crippen molar-refractivity contribution >= 4 is 0 Å². The summed E-state index contributed by atoms with van der Waals surface area (Å²) < 4.78 is 0. The smallest absolute Gasteiger partial charge is 0.0276 e. The molecule has 0 saturated carbocycles. The summed E-state index contributed by atoms with van der Waals surface area (Å²) in [5.41, 5.74) is 9.63. The van der Waals surface area contributed by atoms with Crippen LogP contribution in [-0.4, -0.2) is 18.6 Å². The van der Waals surface area contributed by atoms with Crippen LogP contribution in [0.1, 0.15) is 51.2 Å². The molecule has 1 saturated heterocycles. The van der Waals surface area contributed by atoms with Crippen LogP contribution >= 0.6 is 0 Å². The predicted molar refractivity (Wildman–Crippen MR) is 82.4 cm³/mol. The summed E-state index contributed by atoms with van der Waals surface area (Å²) in [6, 6.07) is 9.58. The van der Waals surface area contributed by atoms with Crippen LogP contribution in [0.4, 0.5) is 0 Å². The molecule has 19 heavy (non-hydrogen) atoms. The van der Waals surface area contributed by atoms with Gasteiger partial charge in [-0.15, -0.1) is 0 Å². The average molecular weight is 260 g/mol. The highest BCUT2D eigenvalue weighted by molar-refractivity contribution is 5.29. The predicted octanol–water partition coefficient (Wildman–Crippen LogP) is 3.07. The van der Waals surface area contributed by atoms with Gasteiger partial charge in [0, 0.05) is 24.5 Å². The molecule has 0 aliphatic carbocycles. The van der Waals surface area contributed by atoms with Gasteiger partial charge in [-0.3, -0.25) is 0 Å². The molecule has 2 rings (SSSR count). The number of nitrogens with one attached hydrogen (secondary N) is 1. The van der Waals surface area contributed by atoms with Gasteiger partial charge in [0.2, 0.25) is 0 Å². The Morgan fingerprint density at radius 3 is 2.68 bits per heavy atom. The van der Waals surface area contributed by atoms with Gasteiger partial charge >= 0.3 is 0 Å². The van der Waals surface area contributed by atoms with E-state index in [1.54, 1.807) is 0 Å². The fraction of sp³-hybridized carbons (Fsp3) is 0.647. The molecule has 1 aromatic rings. The minimum Gasteiger partial charge on any atom is -0.326 e. The van der Waals surface area contributed by atoms with Crippen molar-refractivity contribution in [2.45, 2.75) is 58.5 Å². The van der Waals surface area contributed by atoms with E-state index in [0.717, 1.165) is 19.4 Å². The molecule has 0 bridgehead atoms. The maximum absolute atomic E-state index is 6.49.